The summed E-state index contributed by atoms with van der Waals surface area (Å²) in [6.45, 7) is 2.63. The maximum Gasteiger partial charge on any atom is 0.153 e. The van der Waals surface area contributed by atoms with Gasteiger partial charge in [0.25, 0.3) is 0 Å². The molecule has 0 saturated heterocycles. The van der Waals surface area contributed by atoms with E-state index in [1.54, 1.807) is 0 Å². The molecule has 0 amide bonds. The van der Waals surface area contributed by atoms with Gasteiger partial charge in [-0.05, 0) is 12.0 Å². The van der Waals surface area contributed by atoms with E-state index >= 15 is 0 Å². The number of ether oxygens (including phenoxy) is 1. The molecule has 116 valence electrons. The SMILES string of the molecule is CCCc1ccccc1.OC(O)CCOCCC(O)O. The smallest absolute Gasteiger partial charge is 0.153 e. The van der Waals surface area contributed by atoms with E-state index in [1.165, 1.54) is 18.4 Å². The highest BCUT2D eigenvalue weighted by atomic mass is 16.5. The molecule has 5 heteroatoms. The first-order valence-electron chi connectivity index (χ1n) is 6.90. The van der Waals surface area contributed by atoms with Crippen molar-refractivity contribution in [2.45, 2.75) is 45.2 Å². The predicted molar refractivity (Wildman–Crippen MR) is 76.9 cm³/mol. The van der Waals surface area contributed by atoms with Gasteiger partial charge in [-0.25, -0.2) is 0 Å². The third kappa shape index (κ3) is 13.5. The lowest BCUT2D eigenvalue weighted by Gasteiger charge is -2.05. The molecule has 1 aromatic rings. The molecule has 0 bridgehead atoms. The van der Waals surface area contributed by atoms with Gasteiger partial charge in [-0.15, -0.1) is 0 Å². The van der Waals surface area contributed by atoms with E-state index in [9.17, 15) is 0 Å². The predicted octanol–water partition coefficient (Wildman–Crippen LogP) is 1.04. The summed E-state index contributed by atoms with van der Waals surface area (Å²) < 4.78 is 4.82. The van der Waals surface area contributed by atoms with Gasteiger partial charge in [-0.1, -0.05) is 43.7 Å². The zero-order valence-corrected chi connectivity index (χ0v) is 12.0. The maximum absolute atomic E-state index is 8.34. The Kier molecular flexibility index (Phi) is 12.4. The van der Waals surface area contributed by atoms with Crippen LogP contribution in [0, 0.1) is 0 Å². The molecular weight excluding hydrogens is 260 g/mol. The lowest BCUT2D eigenvalue weighted by atomic mass is 10.1. The highest BCUT2D eigenvalue weighted by Gasteiger charge is 1.99. The molecule has 0 radical (unpaired) electrons. The summed E-state index contributed by atoms with van der Waals surface area (Å²) in [5.74, 6) is 0. The summed E-state index contributed by atoms with van der Waals surface area (Å²) in [7, 11) is 0. The van der Waals surface area contributed by atoms with Gasteiger partial charge in [-0.2, -0.15) is 0 Å². The van der Waals surface area contributed by atoms with Gasteiger partial charge in [0.15, 0.2) is 12.6 Å². The molecule has 0 heterocycles. The van der Waals surface area contributed by atoms with Crippen molar-refractivity contribution in [1.29, 1.82) is 0 Å². The van der Waals surface area contributed by atoms with Crippen LogP contribution in [0.15, 0.2) is 30.3 Å². The van der Waals surface area contributed by atoms with Gasteiger partial charge in [0.05, 0.1) is 13.2 Å². The third-order valence-corrected chi connectivity index (χ3v) is 2.42. The molecule has 0 unspecified atom stereocenters. The van der Waals surface area contributed by atoms with Crippen LogP contribution in [0.25, 0.3) is 0 Å². The van der Waals surface area contributed by atoms with Crippen LogP contribution in [0.2, 0.25) is 0 Å². The van der Waals surface area contributed by atoms with Crippen LogP contribution in [0.4, 0.5) is 0 Å². The molecule has 0 aliphatic heterocycles. The fourth-order valence-electron chi connectivity index (χ4n) is 1.41. The van der Waals surface area contributed by atoms with Crippen molar-refractivity contribution in [3.05, 3.63) is 35.9 Å². The first-order valence-corrected chi connectivity index (χ1v) is 6.90. The van der Waals surface area contributed by atoms with Crippen LogP contribution in [-0.2, 0) is 11.2 Å². The first-order chi connectivity index (χ1) is 9.56. The molecule has 4 N–H and O–H groups in total. The quantitative estimate of drug-likeness (QED) is 0.423. The van der Waals surface area contributed by atoms with Crippen LogP contribution < -0.4 is 0 Å². The lowest BCUT2D eigenvalue weighted by Crippen LogP contribution is -2.12. The number of hydrogen-bond donors (Lipinski definition) is 4. The summed E-state index contributed by atoms with van der Waals surface area (Å²) in [6.07, 6.45) is 0.0246. The van der Waals surface area contributed by atoms with Gasteiger partial charge < -0.3 is 25.2 Å². The Labute approximate surface area is 120 Å². The monoisotopic (exact) mass is 286 g/mol. The molecule has 1 rings (SSSR count). The minimum absolute atomic E-state index is 0.140. The standard InChI is InChI=1S/C9H12.C6H14O5/c1-2-6-9-7-4-3-5-8-9;7-5(8)1-3-11-4-2-6(9)10/h3-5,7-8H,2,6H2,1H3;5-10H,1-4H2. The largest absolute Gasteiger partial charge is 0.381 e. The van der Waals surface area contributed by atoms with Gasteiger partial charge in [0.2, 0.25) is 0 Å². The molecule has 5 nitrogen and oxygen atoms in total. The average molecular weight is 286 g/mol. The number of benzene rings is 1. The molecule has 0 aliphatic rings. The van der Waals surface area contributed by atoms with E-state index in [0.29, 0.717) is 0 Å². The van der Waals surface area contributed by atoms with Crippen LogP contribution in [-0.4, -0.2) is 46.2 Å². The lowest BCUT2D eigenvalue weighted by molar-refractivity contribution is -0.0769. The van der Waals surface area contributed by atoms with Crippen LogP contribution in [0.3, 0.4) is 0 Å². The van der Waals surface area contributed by atoms with Crippen molar-refractivity contribution in [2.75, 3.05) is 13.2 Å². The Balaban J connectivity index is 0.000000367. The Morgan fingerprint density at radius 3 is 1.80 bits per heavy atom. The molecule has 0 spiro atoms. The molecular formula is C15H26O5. The minimum Gasteiger partial charge on any atom is -0.381 e. The number of aryl methyl sites for hydroxylation is 1. The minimum atomic E-state index is -1.35. The molecule has 0 fully saturated rings. The van der Waals surface area contributed by atoms with E-state index in [0.717, 1.165) is 0 Å². The van der Waals surface area contributed by atoms with E-state index in [2.05, 4.69) is 37.3 Å². The summed E-state index contributed by atoms with van der Waals surface area (Å²) >= 11 is 0. The second kappa shape index (κ2) is 13.0. The Morgan fingerprint density at radius 2 is 1.40 bits per heavy atom. The van der Waals surface area contributed by atoms with Crippen molar-refractivity contribution in [3.63, 3.8) is 0 Å². The Morgan fingerprint density at radius 1 is 0.900 bits per heavy atom. The maximum atomic E-state index is 8.34. The van der Waals surface area contributed by atoms with Crippen molar-refractivity contribution in [3.8, 4) is 0 Å². The van der Waals surface area contributed by atoms with Crippen molar-refractivity contribution >= 4 is 0 Å². The van der Waals surface area contributed by atoms with E-state index in [4.69, 9.17) is 25.2 Å². The van der Waals surface area contributed by atoms with Crippen molar-refractivity contribution in [1.82, 2.24) is 0 Å². The number of rotatable bonds is 8. The molecule has 0 aliphatic carbocycles. The highest BCUT2D eigenvalue weighted by Crippen LogP contribution is 2.00. The number of aliphatic hydroxyl groups is 4. The zero-order chi connectivity index (χ0) is 15.2. The van der Waals surface area contributed by atoms with Crippen molar-refractivity contribution < 1.29 is 25.2 Å². The van der Waals surface area contributed by atoms with E-state index in [1.807, 2.05) is 0 Å². The second-order valence-electron chi connectivity index (χ2n) is 4.39. The average Bonchev–Trinajstić information content (AvgIpc) is 2.40. The summed E-state index contributed by atoms with van der Waals surface area (Å²) in [5, 5.41) is 33.4. The first kappa shape index (κ1) is 19.0. The third-order valence-electron chi connectivity index (χ3n) is 2.42. The summed E-state index contributed by atoms with van der Waals surface area (Å²) in [5.41, 5.74) is 1.44. The van der Waals surface area contributed by atoms with Gasteiger partial charge in [0.1, 0.15) is 0 Å². The molecule has 0 aromatic heterocycles. The van der Waals surface area contributed by atoms with E-state index in [-0.39, 0.29) is 26.1 Å². The number of hydrogen-bond acceptors (Lipinski definition) is 5. The van der Waals surface area contributed by atoms with E-state index < -0.39 is 12.6 Å². The second-order valence-corrected chi connectivity index (χ2v) is 4.39. The van der Waals surface area contributed by atoms with Crippen LogP contribution in [0.1, 0.15) is 31.7 Å². The molecule has 0 atom stereocenters. The fourth-order valence-corrected chi connectivity index (χ4v) is 1.41. The van der Waals surface area contributed by atoms with Crippen LogP contribution >= 0.6 is 0 Å². The Bertz CT molecular complexity index is 290. The molecule has 1 aromatic carbocycles. The van der Waals surface area contributed by atoms with Gasteiger partial charge in [-0.3, -0.25) is 0 Å². The zero-order valence-electron chi connectivity index (χ0n) is 12.0. The fraction of sp³-hybridized carbons (Fsp3) is 0.600. The molecule has 0 saturated carbocycles. The Hall–Kier alpha value is -0.980. The molecule has 20 heavy (non-hydrogen) atoms. The topological polar surface area (TPSA) is 90.2 Å². The van der Waals surface area contributed by atoms with Gasteiger partial charge >= 0.3 is 0 Å². The number of aliphatic hydroxyl groups excluding tert-OH is 2. The van der Waals surface area contributed by atoms with Crippen LogP contribution in [0.5, 0.6) is 0 Å². The van der Waals surface area contributed by atoms with Crippen molar-refractivity contribution in [2.24, 2.45) is 0 Å². The van der Waals surface area contributed by atoms with Gasteiger partial charge in [0, 0.05) is 12.8 Å². The summed E-state index contributed by atoms with van der Waals surface area (Å²) in [6, 6.07) is 10.6. The highest BCUT2D eigenvalue weighted by molar-refractivity contribution is 5.14. The summed E-state index contributed by atoms with van der Waals surface area (Å²) in [4.78, 5) is 0. The normalized spacial score (nSPS) is 10.6.